The Bertz CT molecular complexity index is 373. The van der Waals surface area contributed by atoms with E-state index in [1.54, 1.807) is 0 Å². The third-order valence-electron chi connectivity index (χ3n) is 4.50. The van der Waals surface area contributed by atoms with Crippen molar-refractivity contribution in [1.82, 2.24) is 0 Å². The maximum absolute atomic E-state index is 10.3. The zero-order valence-electron chi connectivity index (χ0n) is 11.4. The van der Waals surface area contributed by atoms with Gasteiger partial charge < -0.3 is 10.8 Å². The van der Waals surface area contributed by atoms with Crippen molar-refractivity contribution in [3.63, 3.8) is 0 Å². The summed E-state index contributed by atoms with van der Waals surface area (Å²) in [4.78, 5) is 0. The number of nitrogens with two attached hydrogens (primary N) is 1. The van der Waals surface area contributed by atoms with E-state index in [4.69, 9.17) is 5.73 Å². The molecular weight excluding hydrogens is 222 g/mol. The minimum absolute atomic E-state index is 0.0913. The molecule has 0 bridgehead atoms. The molecule has 2 heteroatoms. The summed E-state index contributed by atoms with van der Waals surface area (Å²) in [7, 11) is 0. The molecule has 0 heterocycles. The minimum Gasteiger partial charge on any atom is -0.392 e. The molecule has 3 N–H and O–H groups in total. The summed E-state index contributed by atoms with van der Waals surface area (Å²) >= 11 is 0. The lowest BCUT2D eigenvalue weighted by Crippen LogP contribution is -2.45. The zero-order valence-corrected chi connectivity index (χ0v) is 11.4. The van der Waals surface area contributed by atoms with Gasteiger partial charge in [-0.25, -0.2) is 0 Å². The molecule has 2 atom stereocenters. The van der Waals surface area contributed by atoms with Crippen LogP contribution in [0.1, 0.15) is 43.7 Å². The van der Waals surface area contributed by atoms with Gasteiger partial charge in [0.15, 0.2) is 0 Å². The largest absolute Gasteiger partial charge is 0.392 e. The molecule has 2 unspecified atom stereocenters. The molecule has 0 aromatic heterocycles. The first-order valence-corrected chi connectivity index (χ1v) is 7.16. The van der Waals surface area contributed by atoms with Gasteiger partial charge in [0.25, 0.3) is 0 Å². The Balaban J connectivity index is 2.13. The van der Waals surface area contributed by atoms with Gasteiger partial charge >= 0.3 is 0 Å². The lowest BCUT2D eigenvalue weighted by molar-refractivity contribution is -0.00585. The van der Waals surface area contributed by atoms with Crippen molar-refractivity contribution in [2.24, 2.45) is 11.1 Å². The third-order valence-corrected chi connectivity index (χ3v) is 4.50. The Morgan fingerprint density at radius 2 is 1.89 bits per heavy atom. The molecule has 1 aliphatic carbocycles. The fraction of sp³-hybridized carbons (Fsp3) is 0.625. The molecule has 18 heavy (non-hydrogen) atoms. The number of aliphatic hydroxyl groups is 1. The maximum Gasteiger partial charge on any atom is 0.0611 e. The minimum atomic E-state index is -0.234. The Labute approximate surface area is 110 Å². The molecule has 0 aliphatic heterocycles. The van der Waals surface area contributed by atoms with Crippen molar-refractivity contribution >= 4 is 0 Å². The van der Waals surface area contributed by atoms with Crippen LogP contribution < -0.4 is 5.73 Å². The average molecular weight is 247 g/mol. The van der Waals surface area contributed by atoms with Crippen LogP contribution in [0.25, 0.3) is 0 Å². The molecule has 1 fully saturated rings. The molecular formula is C16H25NO. The van der Waals surface area contributed by atoms with E-state index >= 15 is 0 Å². The van der Waals surface area contributed by atoms with Gasteiger partial charge in [-0.1, -0.05) is 44.0 Å². The van der Waals surface area contributed by atoms with Crippen LogP contribution in [0.3, 0.4) is 0 Å². The van der Waals surface area contributed by atoms with Crippen molar-refractivity contribution < 1.29 is 5.11 Å². The second-order valence-electron chi connectivity index (χ2n) is 5.67. The SMILES string of the molecule is CCc1ccc(CC2(CN)CCCCC2O)cc1. The number of hydrogen-bond acceptors (Lipinski definition) is 2. The van der Waals surface area contributed by atoms with E-state index in [2.05, 4.69) is 31.2 Å². The number of benzene rings is 1. The molecule has 2 nitrogen and oxygen atoms in total. The number of hydrogen-bond donors (Lipinski definition) is 2. The van der Waals surface area contributed by atoms with Gasteiger partial charge in [-0.2, -0.15) is 0 Å². The lowest BCUT2D eigenvalue weighted by atomic mass is 9.68. The Morgan fingerprint density at radius 3 is 2.44 bits per heavy atom. The van der Waals surface area contributed by atoms with E-state index in [9.17, 15) is 5.11 Å². The normalized spacial score (nSPS) is 28.3. The molecule has 0 amide bonds. The Hall–Kier alpha value is -0.860. The first-order valence-electron chi connectivity index (χ1n) is 7.16. The van der Waals surface area contributed by atoms with Crippen molar-refractivity contribution in [1.29, 1.82) is 0 Å². The van der Waals surface area contributed by atoms with Crippen LogP contribution in [0.4, 0.5) is 0 Å². The Morgan fingerprint density at radius 1 is 1.22 bits per heavy atom. The van der Waals surface area contributed by atoms with Gasteiger partial charge in [0.05, 0.1) is 6.10 Å². The van der Waals surface area contributed by atoms with Crippen LogP contribution in [0, 0.1) is 5.41 Å². The van der Waals surface area contributed by atoms with E-state index < -0.39 is 0 Å². The van der Waals surface area contributed by atoms with Crippen LogP contribution in [0.2, 0.25) is 0 Å². The quantitative estimate of drug-likeness (QED) is 0.859. The van der Waals surface area contributed by atoms with Crippen LogP contribution in [-0.4, -0.2) is 17.8 Å². The van der Waals surface area contributed by atoms with Crippen molar-refractivity contribution in [3.05, 3.63) is 35.4 Å². The van der Waals surface area contributed by atoms with E-state index in [0.717, 1.165) is 32.1 Å². The van der Waals surface area contributed by atoms with E-state index in [1.807, 2.05) is 0 Å². The van der Waals surface area contributed by atoms with Gasteiger partial charge in [-0.05, 0) is 36.8 Å². The summed E-state index contributed by atoms with van der Waals surface area (Å²) in [5, 5.41) is 10.3. The molecule has 0 spiro atoms. The molecule has 0 saturated heterocycles. The number of aliphatic hydroxyl groups excluding tert-OH is 1. The highest BCUT2D eigenvalue weighted by molar-refractivity contribution is 5.24. The summed E-state index contributed by atoms with van der Waals surface area (Å²) in [5.74, 6) is 0. The topological polar surface area (TPSA) is 46.2 Å². The van der Waals surface area contributed by atoms with E-state index in [0.29, 0.717) is 6.54 Å². The van der Waals surface area contributed by atoms with E-state index in [1.165, 1.54) is 17.5 Å². The van der Waals surface area contributed by atoms with Crippen LogP contribution >= 0.6 is 0 Å². The van der Waals surface area contributed by atoms with E-state index in [-0.39, 0.29) is 11.5 Å². The van der Waals surface area contributed by atoms with Crippen LogP contribution in [0.15, 0.2) is 24.3 Å². The monoisotopic (exact) mass is 247 g/mol. The van der Waals surface area contributed by atoms with Crippen molar-refractivity contribution in [2.45, 2.75) is 51.6 Å². The third kappa shape index (κ3) is 2.76. The molecule has 1 saturated carbocycles. The fourth-order valence-electron chi connectivity index (χ4n) is 3.10. The molecule has 1 aromatic rings. The number of rotatable bonds is 4. The first-order chi connectivity index (χ1) is 8.70. The molecule has 1 aromatic carbocycles. The summed E-state index contributed by atoms with van der Waals surface area (Å²) in [6.45, 7) is 2.75. The van der Waals surface area contributed by atoms with Gasteiger partial charge in [0.1, 0.15) is 0 Å². The summed E-state index contributed by atoms with van der Waals surface area (Å²) < 4.78 is 0. The predicted octanol–water partition coefficient (Wildman–Crippen LogP) is 2.67. The molecule has 100 valence electrons. The van der Waals surface area contributed by atoms with Gasteiger partial charge in [-0.3, -0.25) is 0 Å². The maximum atomic E-state index is 10.3. The first kappa shape index (κ1) is 13.6. The van der Waals surface area contributed by atoms with Crippen molar-refractivity contribution in [2.75, 3.05) is 6.54 Å². The highest BCUT2D eigenvalue weighted by Crippen LogP contribution is 2.38. The van der Waals surface area contributed by atoms with Gasteiger partial charge in [0.2, 0.25) is 0 Å². The van der Waals surface area contributed by atoms with Gasteiger partial charge in [0, 0.05) is 12.0 Å². The predicted molar refractivity (Wildman–Crippen MR) is 75.5 cm³/mol. The van der Waals surface area contributed by atoms with Crippen LogP contribution in [-0.2, 0) is 12.8 Å². The summed E-state index contributed by atoms with van der Waals surface area (Å²) in [6, 6.07) is 8.76. The molecule has 1 aliphatic rings. The fourth-order valence-corrected chi connectivity index (χ4v) is 3.10. The van der Waals surface area contributed by atoms with Crippen molar-refractivity contribution in [3.8, 4) is 0 Å². The molecule has 0 radical (unpaired) electrons. The second-order valence-corrected chi connectivity index (χ2v) is 5.67. The molecule has 2 rings (SSSR count). The highest BCUT2D eigenvalue weighted by atomic mass is 16.3. The van der Waals surface area contributed by atoms with Gasteiger partial charge in [-0.15, -0.1) is 0 Å². The summed E-state index contributed by atoms with van der Waals surface area (Å²) in [6.07, 6.45) is 6.05. The lowest BCUT2D eigenvalue weighted by Gasteiger charge is -2.41. The second kappa shape index (κ2) is 5.85. The zero-order chi connectivity index (χ0) is 13.0. The summed E-state index contributed by atoms with van der Waals surface area (Å²) in [5.41, 5.74) is 8.55. The smallest absolute Gasteiger partial charge is 0.0611 e. The highest BCUT2D eigenvalue weighted by Gasteiger charge is 2.38. The van der Waals surface area contributed by atoms with Crippen LogP contribution in [0.5, 0.6) is 0 Å². The Kier molecular flexibility index (Phi) is 4.41. The number of aryl methyl sites for hydroxylation is 1. The standard InChI is InChI=1S/C16H25NO/c1-2-13-6-8-14(9-7-13)11-16(12-17)10-4-3-5-15(16)18/h6-9,15,18H,2-5,10-12,17H2,1H3. The average Bonchev–Trinajstić information content (AvgIpc) is 2.42.